The molecular formula is C12H21ClN2S. The van der Waals surface area contributed by atoms with E-state index in [-0.39, 0.29) is 12.4 Å². The van der Waals surface area contributed by atoms with Crippen LogP contribution in [0.2, 0.25) is 0 Å². The predicted octanol–water partition coefficient (Wildman–Crippen LogP) is 3.41. The number of thiazole rings is 1. The van der Waals surface area contributed by atoms with Crippen molar-refractivity contribution in [3.8, 4) is 0 Å². The van der Waals surface area contributed by atoms with Gasteiger partial charge in [0, 0.05) is 18.5 Å². The first kappa shape index (κ1) is 13.9. The zero-order valence-electron chi connectivity index (χ0n) is 10.1. The molecule has 0 radical (unpaired) electrons. The second kappa shape index (κ2) is 5.99. The highest BCUT2D eigenvalue weighted by Gasteiger charge is 2.39. The van der Waals surface area contributed by atoms with E-state index < -0.39 is 0 Å². The average molecular weight is 261 g/mol. The number of aromatic nitrogens is 1. The molecule has 2 rings (SSSR count). The van der Waals surface area contributed by atoms with Crippen LogP contribution in [0.25, 0.3) is 0 Å². The Morgan fingerprint density at radius 2 is 2.19 bits per heavy atom. The fraction of sp³-hybridized carbons (Fsp3) is 0.750. The largest absolute Gasteiger partial charge is 0.311 e. The molecule has 1 aliphatic carbocycles. The van der Waals surface area contributed by atoms with Gasteiger partial charge in [-0.25, -0.2) is 4.98 Å². The molecular weight excluding hydrogens is 240 g/mol. The molecule has 16 heavy (non-hydrogen) atoms. The zero-order chi connectivity index (χ0) is 10.7. The molecule has 0 aliphatic heterocycles. The zero-order valence-corrected chi connectivity index (χ0v) is 11.7. The topological polar surface area (TPSA) is 24.9 Å². The molecule has 0 spiro atoms. The Morgan fingerprint density at radius 1 is 1.44 bits per heavy atom. The molecule has 1 aliphatic rings. The quantitative estimate of drug-likeness (QED) is 0.848. The van der Waals surface area contributed by atoms with Crippen LogP contribution in [0.5, 0.6) is 0 Å². The van der Waals surface area contributed by atoms with Crippen LogP contribution in [0.3, 0.4) is 0 Å². The van der Waals surface area contributed by atoms with E-state index in [9.17, 15) is 0 Å². The van der Waals surface area contributed by atoms with Crippen molar-refractivity contribution in [2.24, 2.45) is 5.41 Å². The monoisotopic (exact) mass is 260 g/mol. The maximum absolute atomic E-state index is 4.55. The van der Waals surface area contributed by atoms with Crippen LogP contribution in [0.1, 0.15) is 43.8 Å². The van der Waals surface area contributed by atoms with Crippen LogP contribution in [-0.4, -0.2) is 11.5 Å². The van der Waals surface area contributed by atoms with Crippen LogP contribution >= 0.6 is 23.7 Å². The Labute approximate surface area is 108 Å². The number of nitrogens with one attached hydrogen (secondary N) is 1. The second-order valence-corrected chi connectivity index (χ2v) is 5.49. The van der Waals surface area contributed by atoms with E-state index >= 15 is 0 Å². The van der Waals surface area contributed by atoms with Crippen molar-refractivity contribution in [1.82, 2.24) is 10.3 Å². The minimum absolute atomic E-state index is 0. The van der Waals surface area contributed by atoms with Gasteiger partial charge in [-0.05, 0) is 31.1 Å². The molecule has 92 valence electrons. The van der Waals surface area contributed by atoms with Gasteiger partial charge in [-0.1, -0.05) is 13.8 Å². The van der Waals surface area contributed by atoms with Crippen LogP contribution in [-0.2, 0) is 13.0 Å². The first-order chi connectivity index (χ1) is 7.28. The van der Waals surface area contributed by atoms with Gasteiger partial charge in [0.25, 0.3) is 0 Å². The van der Waals surface area contributed by atoms with Crippen LogP contribution in [0.4, 0.5) is 0 Å². The lowest BCUT2D eigenvalue weighted by Crippen LogP contribution is -2.23. The minimum Gasteiger partial charge on any atom is -0.311 e. The fourth-order valence-electron chi connectivity index (χ4n) is 1.88. The summed E-state index contributed by atoms with van der Waals surface area (Å²) in [4.78, 5) is 4.55. The number of aryl methyl sites for hydroxylation is 1. The van der Waals surface area contributed by atoms with Gasteiger partial charge in [-0.2, -0.15) is 0 Å². The second-order valence-electron chi connectivity index (χ2n) is 4.54. The van der Waals surface area contributed by atoms with E-state index in [0.717, 1.165) is 13.0 Å². The Bertz CT molecular complexity index is 321. The predicted molar refractivity (Wildman–Crippen MR) is 72.4 cm³/mol. The van der Waals surface area contributed by atoms with Crippen LogP contribution in [0.15, 0.2) is 5.38 Å². The Balaban J connectivity index is 0.00000128. The summed E-state index contributed by atoms with van der Waals surface area (Å²) >= 11 is 1.78. The first-order valence-corrected chi connectivity index (χ1v) is 6.80. The lowest BCUT2D eigenvalue weighted by Gasteiger charge is -2.12. The van der Waals surface area contributed by atoms with Gasteiger partial charge in [0.2, 0.25) is 0 Å². The summed E-state index contributed by atoms with van der Waals surface area (Å²) in [6, 6.07) is 0. The normalized spacial score (nSPS) is 16.9. The lowest BCUT2D eigenvalue weighted by atomic mass is 10.0. The Morgan fingerprint density at radius 3 is 2.69 bits per heavy atom. The lowest BCUT2D eigenvalue weighted by molar-refractivity contribution is 0.442. The molecule has 2 nitrogen and oxygen atoms in total. The summed E-state index contributed by atoms with van der Waals surface area (Å²) in [5.74, 6) is 0. The third-order valence-electron chi connectivity index (χ3n) is 3.41. The molecule has 0 saturated heterocycles. The number of hydrogen-bond donors (Lipinski definition) is 1. The summed E-state index contributed by atoms with van der Waals surface area (Å²) in [5.41, 5.74) is 1.85. The molecule has 1 N–H and O–H groups in total. The third-order valence-corrected chi connectivity index (χ3v) is 4.46. The van der Waals surface area contributed by atoms with E-state index in [2.05, 4.69) is 29.5 Å². The third kappa shape index (κ3) is 3.44. The summed E-state index contributed by atoms with van der Waals surface area (Å²) in [7, 11) is 0. The standard InChI is InChI=1S/C12H20N2S.ClH/c1-3-11-14-10(8-15-11)7-13-9-12(4-2)5-6-12;/h8,13H,3-7,9H2,1-2H3;1H. The van der Waals surface area contributed by atoms with E-state index in [1.807, 2.05) is 0 Å². The van der Waals surface area contributed by atoms with E-state index in [0.29, 0.717) is 5.41 Å². The van der Waals surface area contributed by atoms with Crippen molar-refractivity contribution in [1.29, 1.82) is 0 Å². The highest BCUT2D eigenvalue weighted by molar-refractivity contribution is 7.09. The molecule has 1 fully saturated rings. The highest BCUT2D eigenvalue weighted by Crippen LogP contribution is 2.47. The van der Waals surface area contributed by atoms with Crippen molar-refractivity contribution < 1.29 is 0 Å². The Hall–Kier alpha value is -0.120. The minimum atomic E-state index is 0. The number of rotatable bonds is 6. The van der Waals surface area contributed by atoms with Crippen molar-refractivity contribution in [3.05, 3.63) is 16.1 Å². The van der Waals surface area contributed by atoms with Gasteiger partial charge < -0.3 is 5.32 Å². The molecule has 0 bridgehead atoms. The molecule has 0 amide bonds. The molecule has 0 aromatic carbocycles. The fourth-order valence-corrected chi connectivity index (χ4v) is 2.63. The molecule has 0 atom stereocenters. The molecule has 1 heterocycles. The van der Waals surface area contributed by atoms with E-state index in [4.69, 9.17) is 0 Å². The Kier molecular flexibility index (Phi) is 5.22. The average Bonchev–Trinajstić information content (AvgIpc) is 2.89. The first-order valence-electron chi connectivity index (χ1n) is 5.92. The molecule has 0 unspecified atom stereocenters. The van der Waals surface area contributed by atoms with Gasteiger partial charge in [-0.3, -0.25) is 0 Å². The molecule has 1 saturated carbocycles. The van der Waals surface area contributed by atoms with Crippen molar-refractivity contribution in [2.45, 2.75) is 46.1 Å². The van der Waals surface area contributed by atoms with Crippen molar-refractivity contribution in [3.63, 3.8) is 0 Å². The van der Waals surface area contributed by atoms with Gasteiger partial charge in [0.15, 0.2) is 0 Å². The van der Waals surface area contributed by atoms with Crippen LogP contribution in [0, 0.1) is 5.41 Å². The molecule has 4 heteroatoms. The summed E-state index contributed by atoms with van der Waals surface area (Å²) in [6.45, 7) is 6.57. The molecule has 1 aromatic rings. The van der Waals surface area contributed by atoms with Gasteiger partial charge >= 0.3 is 0 Å². The smallest absolute Gasteiger partial charge is 0.0926 e. The maximum Gasteiger partial charge on any atom is 0.0926 e. The van der Waals surface area contributed by atoms with E-state index in [1.165, 1.54) is 36.5 Å². The number of nitrogens with zero attached hydrogens (tertiary/aromatic N) is 1. The summed E-state index contributed by atoms with van der Waals surface area (Å²) in [6.07, 6.45) is 5.20. The van der Waals surface area contributed by atoms with E-state index in [1.54, 1.807) is 11.3 Å². The number of halogens is 1. The van der Waals surface area contributed by atoms with Crippen molar-refractivity contribution >= 4 is 23.7 Å². The van der Waals surface area contributed by atoms with Gasteiger partial charge in [0.05, 0.1) is 10.7 Å². The number of hydrogen-bond acceptors (Lipinski definition) is 3. The SMILES string of the molecule is CCc1nc(CNCC2(CC)CC2)cs1.Cl. The summed E-state index contributed by atoms with van der Waals surface area (Å²) < 4.78 is 0. The van der Waals surface area contributed by atoms with Crippen molar-refractivity contribution in [2.75, 3.05) is 6.54 Å². The maximum atomic E-state index is 4.55. The molecule has 1 aromatic heterocycles. The van der Waals surface area contributed by atoms with Gasteiger partial charge in [0.1, 0.15) is 0 Å². The van der Waals surface area contributed by atoms with Gasteiger partial charge in [-0.15, -0.1) is 23.7 Å². The highest BCUT2D eigenvalue weighted by atomic mass is 35.5. The summed E-state index contributed by atoms with van der Waals surface area (Å²) in [5, 5.41) is 6.97. The van der Waals surface area contributed by atoms with Crippen LogP contribution < -0.4 is 5.32 Å².